The average molecular weight is 376 g/mol. The Labute approximate surface area is 150 Å². The number of aliphatic carboxylic acids is 2. The van der Waals surface area contributed by atoms with Crippen LogP contribution >= 0.6 is 23.5 Å². The summed E-state index contributed by atoms with van der Waals surface area (Å²) in [4.78, 5) is 33.3. The smallest absolute Gasteiger partial charge is 0.330 e. The maximum atomic E-state index is 11.4. The fourth-order valence-corrected chi connectivity index (χ4v) is 4.09. The molecule has 136 valence electrons. The molecule has 2 unspecified atom stereocenters. The van der Waals surface area contributed by atoms with Gasteiger partial charge in [-0.2, -0.15) is 23.5 Å². The van der Waals surface area contributed by atoms with E-state index in [-0.39, 0.29) is 12.5 Å². The van der Waals surface area contributed by atoms with Crippen molar-refractivity contribution in [2.24, 2.45) is 11.8 Å². The van der Waals surface area contributed by atoms with Crippen molar-refractivity contribution in [2.75, 3.05) is 29.6 Å². The molecule has 0 aliphatic rings. The van der Waals surface area contributed by atoms with Crippen molar-refractivity contribution in [3.63, 3.8) is 0 Å². The van der Waals surface area contributed by atoms with Gasteiger partial charge in [0.25, 0.3) is 0 Å². The van der Waals surface area contributed by atoms with E-state index in [9.17, 15) is 19.5 Å². The van der Waals surface area contributed by atoms with Crippen LogP contribution < -0.4 is 0 Å². The zero-order valence-corrected chi connectivity index (χ0v) is 15.4. The Morgan fingerprint density at radius 2 is 1.83 bits per heavy atom. The van der Waals surface area contributed by atoms with E-state index in [2.05, 4.69) is 13.2 Å². The Bertz CT molecular complexity index is 463. The minimum Gasteiger partial charge on any atom is -0.481 e. The highest BCUT2D eigenvalue weighted by molar-refractivity contribution is 8.00. The summed E-state index contributed by atoms with van der Waals surface area (Å²) in [7, 11) is 0. The maximum absolute atomic E-state index is 11.4. The molecule has 0 heterocycles. The predicted molar refractivity (Wildman–Crippen MR) is 97.5 cm³/mol. The van der Waals surface area contributed by atoms with Gasteiger partial charge in [0.05, 0.1) is 12.3 Å². The maximum Gasteiger partial charge on any atom is 0.330 e. The molecule has 0 bridgehead atoms. The molecule has 0 aromatic heterocycles. The topological polar surface area (TPSA) is 101 Å². The zero-order chi connectivity index (χ0) is 18.5. The van der Waals surface area contributed by atoms with E-state index in [1.807, 2.05) is 6.92 Å². The van der Waals surface area contributed by atoms with Gasteiger partial charge < -0.3 is 14.9 Å². The summed E-state index contributed by atoms with van der Waals surface area (Å²) >= 11 is 2.99. The molecule has 0 radical (unpaired) electrons. The summed E-state index contributed by atoms with van der Waals surface area (Å²) in [5.41, 5.74) is 0.979. The first-order chi connectivity index (χ1) is 11.3. The first-order valence-corrected chi connectivity index (χ1v) is 9.62. The summed E-state index contributed by atoms with van der Waals surface area (Å²) in [6.45, 7) is 9.18. The molecular formula is C16H24O6S2. The number of ether oxygens (including phenoxy) is 1. The van der Waals surface area contributed by atoms with Crippen molar-refractivity contribution >= 4 is 41.4 Å². The van der Waals surface area contributed by atoms with E-state index in [0.29, 0.717) is 23.0 Å². The van der Waals surface area contributed by atoms with E-state index in [1.165, 1.54) is 11.8 Å². The Morgan fingerprint density at radius 3 is 2.33 bits per heavy atom. The van der Waals surface area contributed by atoms with Crippen LogP contribution in [0.4, 0.5) is 0 Å². The van der Waals surface area contributed by atoms with Gasteiger partial charge in [0, 0.05) is 17.6 Å². The van der Waals surface area contributed by atoms with Gasteiger partial charge in [0.2, 0.25) is 0 Å². The molecule has 0 rings (SSSR count). The molecule has 2 N–H and O–H groups in total. The molecule has 0 aromatic carbocycles. The van der Waals surface area contributed by atoms with Crippen LogP contribution in [0.15, 0.2) is 24.8 Å². The molecule has 6 nitrogen and oxygen atoms in total. The van der Waals surface area contributed by atoms with Crippen molar-refractivity contribution in [3.05, 3.63) is 24.8 Å². The van der Waals surface area contributed by atoms with E-state index < -0.39 is 30.2 Å². The molecule has 0 aliphatic heterocycles. The third kappa shape index (κ3) is 11.2. The van der Waals surface area contributed by atoms with Crippen LogP contribution in [-0.4, -0.2) is 57.7 Å². The van der Waals surface area contributed by atoms with Crippen LogP contribution in [0.3, 0.4) is 0 Å². The molecule has 0 aromatic rings. The first kappa shape index (κ1) is 22.6. The quantitative estimate of drug-likeness (QED) is 0.206. The lowest BCUT2D eigenvalue weighted by Crippen LogP contribution is -2.30. The molecule has 0 spiro atoms. The fourth-order valence-electron chi connectivity index (χ4n) is 1.80. The second kappa shape index (κ2) is 12.9. The first-order valence-electron chi connectivity index (χ1n) is 7.31. The number of hydrogen-bond acceptors (Lipinski definition) is 6. The highest BCUT2D eigenvalue weighted by Crippen LogP contribution is 2.26. The Kier molecular flexibility index (Phi) is 12.2. The average Bonchev–Trinajstić information content (AvgIpc) is 2.49. The van der Waals surface area contributed by atoms with Gasteiger partial charge in [-0.1, -0.05) is 18.7 Å². The summed E-state index contributed by atoms with van der Waals surface area (Å²) in [5.74, 6) is -1.71. The Morgan fingerprint density at radius 1 is 1.21 bits per heavy atom. The zero-order valence-electron chi connectivity index (χ0n) is 13.7. The highest BCUT2D eigenvalue weighted by Gasteiger charge is 2.30. The van der Waals surface area contributed by atoms with E-state index in [4.69, 9.17) is 9.84 Å². The molecule has 0 saturated carbocycles. The molecule has 0 fully saturated rings. The SMILES string of the molecule is C=CC(=O)OCCSCC(CSCC(=C)C)C(CC(=O)O)C(=O)O. The second-order valence-corrected chi connectivity index (χ2v) is 7.40. The van der Waals surface area contributed by atoms with Crippen LogP contribution in [0, 0.1) is 11.8 Å². The van der Waals surface area contributed by atoms with Crippen LogP contribution in [0.5, 0.6) is 0 Å². The van der Waals surface area contributed by atoms with Gasteiger partial charge in [-0.3, -0.25) is 9.59 Å². The Hall–Kier alpha value is -1.41. The minimum atomic E-state index is -1.12. The molecule has 0 aliphatic carbocycles. The number of carboxylic acids is 2. The number of hydrogen-bond donors (Lipinski definition) is 2. The van der Waals surface area contributed by atoms with Gasteiger partial charge >= 0.3 is 17.9 Å². The van der Waals surface area contributed by atoms with E-state index >= 15 is 0 Å². The monoisotopic (exact) mass is 376 g/mol. The van der Waals surface area contributed by atoms with Crippen molar-refractivity contribution in [1.82, 2.24) is 0 Å². The standard InChI is InChI=1S/C16H24O6S2/c1-4-15(19)22-5-6-23-9-12(10-24-8-11(2)3)13(16(20)21)7-14(17)18/h4,12-13H,1-2,5-10H2,3H3,(H,17,18)(H,20,21). The lowest BCUT2D eigenvalue weighted by atomic mass is 9.92. The molecule has 2 atom stereocenters. The number of esters is 1. The van der Waals surface area contributed by atoms with Crippen molar-refractivity contribution in [2.45, 2.75) is 13.3 Å². The molecule has 0 saturated heterocycles. The van der Waals surface area contributed by atoms with E-state index in [1.54, 1.807) is 11.8 Å². The van der Waals surface area contributed by atoms with Gasteiger partial charge in [-0.15, -0.1) is 0 Å². The summed E-state index contributed by atoms with van der Waals surface area (Å²) in [6.07, 6.45) is 0.675. The van der Waals surface area contributed by atoms with Crippen molar-refractivity contribution < 1.29 is 29.3 Å². The minimum absolute atomic E-state index is 0.206. The number of carbonyl (C=O) groups is 3. The molecule has 8 heteroatoms. The normalized spacial score (nSPS) is 12.9. The van der Waals surface area contributed by atoms with Gasteiger partial charge in [0.1, 0.15) is 6.61 Å². The van der Waals surface area contributed by atoms with Gasteiger partial charge in [-0.05, 0) is 24.3 Å². The Balaban J connectivity index is 4.56. The summed E-state index contributed by atoms with van der Waals surface area (Å²) in [6, 6.07) is 0. The summed E-state index contributed by atoms with van der Waals surface area (Å²) in [5, 5.41) is 18.3. The molecule has 24 heavy (non-hydrogen) atoms. The van der Waals surface area contributed by atoms with Crippen LogP contribution in [0.1, 0.15) is 13.3 Å². The van der Waals surface area contributed by atoms with Crippen molar-refractivity contribution in [1.29, 1.82) is 0 Å². The van der Waals surface area contributed by atoms with Crippen molar-refractivity contribution in [3.8, 4) is 0 Å². The summed E-state index contributed by atoms with van der Waals surface area (Å²) < 4.78 is 4.85. The number of carbonyl (C=O) groups excluding carboxylic acids is 1. The van der Waals surface area contributed by atoms with Gasteiger partial charge in [0.15, 0.2) is 0 Å². The number of carboxylic acid groups (broad SMARTS) is 2. The highest BCUT2D eigenvalue weighted by atomic mass is 32.2. The largest absolute Gasteiger partial charge is 0.481 e. The molecule has 0 amide bonds. The predicted octanol–water partition coefficient (Wildman–Crippen LogP) is 2.55. The van der Waals surface area contributed by atoms with Crippen LogP contribution in [0.25, 0.3) is 0 Å². The lowest BCUT2D eigenvalue weighted by Gasteiger charge is -2.22. The van der Waals surface area contributed by atoms with Gasteiger partial charge in [-0.25, -0.2) is 4.79 Å². The third-order valence-corrected chi connectivity index (χ3v) is 5.41. The number of rotatable bonds is 14. The fraction of sp³-hybridized carbons (Fsp3) is 0.562. The van der Waals surface area contributed by atoms with Crippen LogP contribution in [-0.2, 0) is 19.1 Å². The van der Waals surface area contributed by atoms with Crippen LogP contribution in [0.2, 0.25) is 0 Å². The lowest BCUT2D eigenvalue weighted by molar-refractivity contribution is -0.149. The second-order valence-electron chi connectivity index (χ2n) is 5.22. The van der Waals surface area contributed by atoms with E-state index in [0.717, 1.165) is 11.6 Å². The number of thioether (sulfide) groups is 2. The third-order valence-electron chi connectivity index (χ3n) is 2.93. The molecular weight excluding hydrogens is 352 g/mol.